The molecule has 0 unspecified atom stereocenters. The summed E-state index contributed by atoms with van der Waals surface area (Å²) in [6.45, 7) is 1.13. The third-order valence-electron chi connectivity index (χ3n) is 4.47. The Balaban J connectivity index is 1.60. The maximum Gasteiger partial charge on any atom is 0.244 e. The van der Waals surface area contributed by atoms with Gasteiger partial charge in [-0.15, -0.1) is 11.3 Å². The van der Waals surface area contributed by atoms with Crippen LogP contribution in [0.3, 0.4) is 0 Å². The van der Waals surface area contributed by atoms with Crippen LogP contribution in [0, 0.1) is 0 Å². The summed E-state index contributed by atoms with van der Waals surface area (Å²) in [5.41, 5.74) is 2.01. The monoisotopic (exact) mass is 341 g/mol. The molecule has 0 aliphatic carbocycles. The van der Waals surface area contributed by atoms with Crippen LogP contribution >= 0.6 is 11.3 Å². The number of aliphatic hydroxyl groups excluding tert-OH is 1. The van der Waals surface area contributed by atoms with Crippen molar-refractivity contribution in [2.45, 2.75) is 25.5 Å². The van der Waals surface area contributed by atoms with E-state index in [1.165, 1.54) is 6.42 Å². The quantitative estimate of drug-likeness (QED) is 0.783. The fourth-order valence-corrected chi connectivity index (χ4v) is 4.06. The molecule has 1 atom stereocenters. The van der Waals surface area contributed by atoms with Crippen LogP contribution in [0.1, 0.15) is 30.3 Å². The number of likely N-dealkylation sites (tertiary alicyclic amines) is 1. The van der Waals surface area contributed by atoms with Crippen molar-refractivity contribution in [3.05, 3.63) is 47.9 Å². The van der Waals surface area contributed by atoms with Crippen molar-refractivity contribution in [2.24, 2.45) is 0 Å². The van der Waals surface area contributed by atoms with Crippen LogP contribution in [-0.4, -0.2) is 33.7 Å². The number of aliphatic hydroxyl groups is 1. The number of thiophene rings is 1. The third kappa shape index (κ3) is 2.88. The summed E-state index contributed by atoms with van der Waals surface area (Å²) in [5.74, 6) is 1.36. The summed E-state index contributed by atoms with van der Waals surface area (Å²) in [5, 5.41) is 13.5. The lowest BCUT2D eigenvalue weighted by Gasteiger charge is -2.14. The maximum atomic E-state index is 9.29. The van der Waals surface area contributed by atoms with E-state index >= 15 is 0 Å². The summed E-state index contributed by atoms with van der Waals surface area (Å²) >= 11 is 1.63. The second-order valence-corrected chi connectivity index (χ2v) is 7.20. The van der Waals surface area contributed by atoms with Gasteiger partial charge in [0.05, 0.1) is 17.5 Å². The molecular formula is C18H19N3O2S. The highest BCUT2D eigenvalue weighted by Gasteiger charge is 2.28. The van der Waals surface area contributed by atoms with Crippen LogP contribution in [0.25, 0.3) is 21.1 Å². The van der Waals surface area contributed by atoms with Gasteiger partial charge in [-0.25, -0.2) is 0 Å². The summed E-state index contributed by atoms with van der Waals surface area (Å²) < 4.78 is 5.50. The molecule has 1 aliphatic rings. The van der Waals surface area contributed by atoms with Crippen LogP contribution in [0.2, 0.25) is 0 Å². The van der Waals surface area contributed by atoms with Gasteiger partial charge in [0, 0.05) is 4.88 Å². The first-order chi connectivity index (χ1) is 11.7. The highest BCUT2D eigenvalue weighted by molar-refractivity contribution is 7.18. The Labute approximate surface area is 144 Å². The minimum atomic E-state index is 0.0508. The first kappa shape index (κ1) is 15.5. The molecule has 1 aromatic carbocycles. The zero-order valence-electron chi connectivity index (χ0n) is 13.5. The van der Waals surface area contributed by atoms with E-state index in [9.17, 15) is 5.11 Å². The van der Waals surface area contributed by atoms with Gasteiger partial charge in [-0.3, -0.25) is 4.90 Å². The zero-order chi connectivity index (χ0) is 16.5. The predicted octanol–water partition coefficient (Wildman–Crippen LogP) is 3.72. The molecule has 0 bridgehead atoms. The number of hydrogen-bond acceptors (Lipinski definition) is 6. The molecule has 0 spiro atoms. The van der Waals surface area contributed by atoms with Gasteiger partial charge >= 0.3 is 0 Å². The van der Waals surface area contributed by atoms with Crippen LogP contribution < -0.4 is 0 Å². The molecule has 0 amide bonds. The number of nitrogens with zero attached hydrogens (tertiary/aromatic N) is 3. The fraction of sp³-hybridized carbons (Fsp3) is 0.333. The molecule has 3 aromatic rings. The molecule has 6 heteroatoms. The minimum absolute atomic E-state index is 0.0508. The largest absolute Gasteiger partial charge is 0.392 e. The molecular weight excluding hydrogens is 322 g/mol. The van der Waals surface area contributed by atoms with Crippen LogP contribution in [0.4, 0.5) is 0 Å². The number of hydrogen-bond donors (Lipinski definition) is 1. The fourth-order valence-electron chi connectivity index (χ4n) is 3.13. The van der Waals surface area contributed by atoms with Crippen molar-refractivity contribution in [3.63, 3.8) is 0 Å². The van der Waals surface area contributed by atoms with Gasteiger partial charge in [0.2, 0.25) is 11.7 Å². The maximum absolute atomic E-state index is 9.29. The molecule has 124 valence electrons. The summed E-state index contributed by atoms with van der Waals surface area (Å²) in [6, 6.07) is 12.3. The van der Waals surface area contributed by atoms with Gasteiger partial charge in [-0.1, -0.05) is 23.4 Å². The van der Waals surface area contributed by atoms with E-state index in [0.717, 1.165) is 33.8 Å². The summed E-state index contributed by atoms with van der Waals surface area (Å²) in [7, 11) is 2.10. The lowest BCUT2D eigenvalue weighted by molar-refractivity contribution is 0.245. The Bertz CT molecular complexity index is 842. The van der Waals surface area contributed by atoms with E-state index in [2.05, 4.69) is 28.2 Å². The second kappa shape index (κ2) is 6.47. The average molecular weight is 341 g/mol. The Kier molecular flexibility index (Phi) is 4.18. The third-order valence-corrected chi connectivity index (χ3v) is 5.60. The average Bonchev–Trinajstić information content (AvgIpc) is 3.34. The number of benzene rings is 1. The van der Waals surface area contributed by atoms with Crippen molar-refractivity contribution in [3.8, 4) is 21.1 Å². The van der Waals surface area contributed by atoms with E-state index in [-0.39, 0.29) is 12.6 Å². The Hall–Kier alpha value is -2.02. The molecule has 5 nitrogen and oxygen atoms in total. The first-order valence-electron chi connectivity index (χ1n) is 8.09. The van der Waals surface area contributed by atoms with Gasteiger partial charge in [-0.2, -0.15) is 4.98 Å². The molecule has 4 rings (SSSR count). The lowest BCUT2D eigenvalue weighted by Crippen LogP contribution is -2.17. The molecule has 2 aromatic heterocycles. The first-order valence-corrected chi connectivity index (χ1v) is 8.90. The van der Waals surface area contributed by atoms with Gasteiger partial charge in [0.1, 0.15) is 0 Å². The smallest absolute Gasteiger partial charge is 0.244 e. The lowest BCUT2D eigenvalue weighted by atomic mass is 10.1. The Morgan fingerprint density at radius 3 is 2.96 bits per heavy atom. The Morgan fingerprint density at radius 1 is 1.29 bits per heavy atom. The highest BCUT2D eigenvalue weighted by Crippen LogP contribution is 2.35. The number of aromatic nitrogens is 2. The van der Waals surface area contributed by atoms with Gasteiger partial charge in [-0.05, 0) is 55.8 Å². The summed E-state index contributed by atoms with van der Waals surface area (Å²) in [4.78, 5) is 8.99. The molecule has 1 saturated heterocycles. The van der Waals surface area contributed by atoms with E-state index in [0.29, 0.717) is 11.7 Å². The number of rotatable bonds is 4. The molecule has 3 heterocycles. The molecule has 1 N–H and O–H groups in total. The van der Waals surface area contributed by atoms with Crippen molar-refractivity contribution < 1.29 is 9.63 Å². The summed E-state index contributed by atoms with van der Waals surface area (Å²) in [6.07, 6.45) is 2.24. The van der Waals surface area contributed by atoms with Crippen LogP contribution in [0.5, 0.6) is 0 Å². The molecule has 0 radical (unpaired) electrons. The van der Waals surface area contributed by atoms with Crippen molar-refractivity contribution in [1.82, 2.24) is 15.0 Å². The van der Waals surface area contributed by atoms with Gasteiger partial charge < -0.3 is 9.63 Å². The van der Waals surface area contributed by atoms with Crippen LogP contribution in [-0.2, 0) is 6.61 Å². The molecule has 24 heavy (non-hydrogen) atoms. The van der Waals surface area contributed by atoms with Crippen molar-refractivity contribution in [2.75, 3.05) is 13.6 Å². The molecule has 1 fully saturated rings. The van der Waals surface area contributed by atoms with E-state index in [1.54, 1.807) is 11.3 Å². The van der Waals surface area contributed by atoms with Gasteiger partial charge in [0.25, 0.3) is 0 Å². The second-order valence-electron chi connectivity index (χ2n) is 6.12. The minimum Gasteiger partial charge on any atom is -0.392 e. The molecule has 0 saturated carbocycles. The highest BCUT2D eigenvalue weighted by atomic mass is 32.1. The zero-order valence-corrected chi connectivity index (χ0v) is 14.3. The SMILES string of the molecule is CN1CCC[C@H]1c1nc(-c2ccc(-c3cccc(CO)c3)s2)no1. The van der Waals surface area contributed by atoms with E-state index in [4.69, 9.17) is 4.52 Å². The van der Waals surface area contributed by atoms with Crippen molar-refractivity contribution in [1.29, 1.82) is 0 Å². The normalized spacial score (nSPS) is 18.3. The molecule has 1 aliphatic heterocycles. The van der Waals surface area contributed by atoms with Crippen molar-refractivity contribution >= 4 is 11.3 Å². The van der Waals surface area contributed by atoms with E-state index < -0.39 is 0 Å². The standard InChI is InChI=1S/C18H19N3O2S/c1-21-9-3-6-14(21)18-19-17(20-23-18)16-8-7-15(24-16)13-5-2-4-12(10-13)11-22/h2,4-5,7-8,10,14,22H,3,6,9,11H2,1H3/t14-/m0/s1. The van der Waals surface area contributed by atoms with E-state index in [1.807, 2.05) is 30.3 Å². The topological polar surface area (TPSA) is 62.4 Å². The van der Waals surface area contributed by atoms with Crippen LogP contribution in [0.15, 0.2) is 40.9 Å². The van der Waals surface area contributed by atoms with Gasteiger partial charge in [0.15, 0.2) is 0 Å². The predicted molar refractivity (Wildman–Crippen MR) is 93.6 cm³/mol. The Morgan fingerprint density at radius 2 is 2.17 bits per heavy atom.